The summed E-state index contributed by atoms with van der Waals surface area (Å²) in [4.78, 5) is 28.0. The lowest BCUT2D eigenvalue weighted by atomic mass is 9.90. The molecule has 0 saturated heterocycles. The van der Waals surface area contributed by atoms with Crippen molar-refractivity contribution in [1.82, 2.24) is 10.3 Å². The molecule has 4 nitrogen and oxygen atoms in total. The molecule has 0 aliphatic rings. The quantitative estimate of drug-likeness (QED) is 0.773. The molecule has 1 aromatic carbocycles. The summed E-state index contributed by atoms with van der Waals surface area (Å²) in [5.74, 6) is 0.138. The number of hydrogen-bond acceptors (Lipinski definition) is 2. The van der Waals surface area contributed by atoms with Crippen LogP contribution in [0.2, 0.25) is 0 Å². The Kier molecular flexibility index (Phi) is 6.18. The number of nitrogens with one attached hydrogen (secondary N) is 2. The third-order valence-electron chi connectivity index (χ3n) is 4.70. The molecule has 130 valence electrons. The van der Waals surface area contributed by atoms with Crippen molar-refractivity contribution in [3.8, 4) is 0 Å². The highest BCUT2D eigenvalue weighted by atomic mass is 16.2. The molecule has 0 spiro atoms. The third kappa shape index (κ3) is 4.25. The fourth-order valence-electron chi connectivity index (χ4n) is 2.92. The Hall–Kier alpha value is -2.10. The molecule has 24 heavy (non-hydrogen) atoms. The van der Waals surface area contributed by atoms with E-state index in [0.717, 1.165) is 22.9 Å². The van der Waals surface area contributed by atoms with Crippen LogP contribution in [0.3, 0.4) is 0 Å². The first-order chi connectivity index (χ1) is 11.4. The van der Waals surface area contributed by atoms with Crippen LogP contribution in [0.15, 0.2) is 30.5 Å². The van der Waals surface area contributed by atoms with Crippen molar-refractivity contribution < 1.29 is 9.59 Å². The summed E-state index contributed by atoms with van der Waals surface area (Å²) in [6, 6.07) is 7.69. The molecule has 0 bridgehead atoms. The van der Waals surface area contributed by atoms with E-state index in [9.17, 15) is 9.59 Å². The third-order valence-corrected chi connectivity index (χ3v) is 4.70. The molecule has 1 aromatic heterocycles. The summed E-state index contributed by atoms with van der Waals surface area (Å²) < 4.78 is 0. The van der Waals surface area contributed by atoms with Gasteiger partial charge in [0.05, 0.1) is 6.04 Å². The van der Waals surface area contributed by atoms with Gasteiger partial charge in [-0.25, -0.2) is 0 Å². The first kappa shape index (κ1) is 18.2. The maximum absolute atomic E-state index is 12.4. The number of Topliss-reactive ketones (excluding diaryl/α,β-unsaturated/α-hetero) is 1. The Morgan fingerprint density at radius 1 is 1.17 bits per heavy atom. The Bertz CT molecular complexity index is 702. The number of carbonyl (C=O) groups excluding carboxylic acids is 2. The van der Waals surface area contributed by atoms with E-state index in [4.69, 9.17) is 0 Å². The molecular formula is C20H28N2O2. The van der Waals surface area contributed by atoms with E-state index in [1.807, 2.05) is 52.1 Å². The lowest BCUT2D eigenvalue weighted by Gasteiger charge is -2.24. The molecule has 0 aliphatic carbocycles. The summed E-state index contributed by atoms with van der Waals surface area (Å²) >= 11 is 0. The second-order valence-corrected chi connectivity index (χ2v) is 6.85. The van der Waals surface area contributed by atoms with Crippen LogP contribution in [-0.4, -0.2) is 22.7 Å². The molecule has 2 N–H and O–H groups in total. The Balaban J connectivity index is 1.99. The molecule has 0 fully saturated rings. The molecular weight excluding hydrogens is 300 g/mol. The van der Waals surface area contributed by atoms with Crippen LogP contribution in [0.25, 0.3) is 10.9 Å². The van der Waals surface area contributed by atoms with E-state index >= 15 is 0 Å². The number of para-hydroxylation sites is 1. The van der Waals surface area contributed by atoms with Gasteiger partial charge in [-0.3, -0.25) is 9.59 Å². The van der Waals surface area contributed by atoms with Crippen LogP contribution < -0.4 is 5.32 Å². The molecule has 0 unspecified atom stereocenters. The van der Waals surface area contributed by atoms with Gasteiger partial charge in [0.2, 0.25) is 5.91 Å². The second kappa shape index (κ2) is 8.13. The molecule has 2 aromatic rings. The highest BCUT2D eigenvalue weighted by molar-refractivity contribution is 5.90. The fourth-order valence-corrected chi connectivity index (χ4v) is 2.92. The summed E-state index contributed by atoms with van der Waals surface area (Å²) in [6.45, 7) is 7.83. The number of ketones is 1. The maximum atomic E-state index is 12.4. The number of benzene rings is 1. The van der Waals surface area contributed by atoms with Gasteiger partial charge in [-0.15, -0.1) is 0 Å². The van der Waals surface area contributed by atoms with Crippen molar-refractivity contribution in [2.75, 3.05) is 0 Å². The molecule has 0 saturated carbocycles. The number of aryl methyl sites for hydroxylation is 1. The maximum Gasteiger partial charge on any atom is 0.220 e. The average molecular weight is 328 g/mol. The van der Waals surface area contributed by atoms with E-state index in [2.05, 4.69) is 16.4 Å². The molecule has 1 amide bonds. The molecule has 4 heteroatoms. The second-order valence-electron chi connectivity index (χ2n) is 6.85. The van der Waals surface area contributed by atoms with Gasteiger partial charge in [0, 0.05) is 29.4 Å². The van der Waals surface area contributed by atoms with Gasteiger partial charge in [-0.2, -0.15) is 0 Å². The molecule has 1 heterocycles. The van der Waals surface area contributed by atoms with Crippen LogP contribution in [0.5, 0.6) is 0 Å². The zero-order valence-corrected chi connectivity index (χ0v) is 15.1. The highest BCUT2D eigenvalue weighted by Crippen LogP contribution is 2.19. The number of carbonyl (C=O) groups is 2. The summed E-state index contributed by atoms with van der Waals surface area (Å²) in [6.07, 6.45) is 3.88. The number of aromatic nitrogens is 1. The predicted octanol–water partition coefficient (Wildman–Crippen LogP) is 3.86. The van der Waals surface area contributed by atoms with E-state index in [1.54, 1.807) is 0 Å². The van der Waals surface area contributed by atoms with Gasteiger partial charge in [0.15, 0.2) is 5.78 Å². The summed E-state index contributed by atoms with van der Waals surface area (Å²) in [5, 5.41) is 4.12. The standard InChI is InChI=1S/C20H28N2O2/c1-5-14(4)19(20(24)13(2)3)22-18(23)11-10-15-12-21-17-9-7-6-8-16(15)17/h6-9,12-14,19,21H,5,10-11H2,1-4H3,(H,22,23)/t14-,19-/m0/s1. The van der Waals surface area contributed by atoms with Gasteiger partial charge in [-0.05, 0) is 24.0 Å². The zero-order valence-electron chi connectivity index (χ0n) is 15.1. The lowest BCUT2D eigenvalue weighted by Crippen LogP contribution is -2.46. The van der Waals surface area contributed by atoms with Gasteiger partial charge >= 0.3 is 0 Å². The van der Waals surface area contributed by atoms with Gasteiger partial charge in [0.1, 0.15) is 0 Å². The van der Waals surface area contributed by atoms with Crippen molar-refractivity contribution >= 4 is 22.6 Å². The van der Waals surface area contributed by atoms with E-state index in [0.29, 0.717) is 12.8 Å². The fraction of sp³-hybridized carbons (Fsp3) is 0.500. The molecule has 0 radical (unpaired) electrons. The van der Waals surface area contributed by atoms with Crippen molar-refractivity contribution in [1.29, 1.82) is 0 Å². The van der Waals surface area contributed by atoms with Crippen LogP contribution in [-0.2, 0) is 16.0 Å². The van der Waals surface area contributed by atoms with Gasteiger partial charge < -0.3 is 10.3 Å². The van der Waals surface area contributed by atoms with Crippen LogP contribution in [0, 0.1) is 11.8 Å². The van der Waals surface area contributed by atoms with E-state index in [-0.39, 0.29) is 29.6 Å². The lowest BCUT2D eigenvalue weighted by molar-refractivity contribution is -0.130. The Labute approximate surface area is 144 Å². The highest BCUT2D eigenvalue weighted by Gasteiger charge is 2.27. The van der Waals surface area contributed by atoms with Gasteiger partial charge in [-0.1, -0.05) is 52.3 Å². The number of amides is 1. The van der Waals surface area contributed by atoms with E-state index < -0.39 is 0 Å². The number of aromatic amines is 1. The van der Waals surface area contributed by atoms with Crippen LogP contribution in [0.4, 0.5) is 0 Å². The predicted molar refractivity (Wildman–Crippen MR) is 97.9 cm³/mol. The number of hydrogen-bond donors (Lipinski definition) is 2. The van der Waals surface area contributed by atoms with Crippen LogP contribution >= 0.6 is 0 Å². The monoisotopic (exact) mass is 328 g/mol. The molecule has 2 rings (SSSR count). The van der Waals surface area contributed by atoms with E-state index in [1.165, 1.54) is 0 Å². The minimum absolute atomic E-state index is 0.0559. The Morgan fingerprint density at radius 2 is 1.88 bits per heavy atom. The number of rotatable bonds is 8. The summed E-state index contributed by atoms with van der Waals surface area (Å²) in [7, 11) is 0. The van der Waals surface area contributed by atoms with Crippen molar-refractivity contribution in [3.63, 3.8) is 0 Å². The van der Waals surface area contributed by atoms with Crippen molar-refractivity contribution in [2.45, 2.75) is 53.0 Å². The zero-order chi connectivity index (χ0) is 17.7. The topological polar surface area (TPSA) is 62.0 Å². The minimum atomic E-state index is -0.384. The van der Waals surface area contributed by atoms with Gasteiger partial charge in [0.25, 0.3) is 0 Å². The summed E-state index contributed by atoms with van der Waals surface area (Å²) in [5.41, 5.74) is 2.22. The average Bonchev–Trinajstić information content (AvgIpc) is 2.99. The SMILES string of the molecule is CC[C@H](C)[C@H](NC(=O)CCc1c[nH]c2ccccc12)C(=O)C(C)C. The van der Waals surface area contributed by atoms with Crippen LogP contribution in [0.1, 0.15) is 46.1 Å². The Morgan fingerprint density at radius 3 is 2.54 bits per heavy atom. The normalized spacial score (nSPS) is 13.9. The smallest absolute Gasteiger partial charge is 0.220 e. The largest absolute Gasteiger partial charge is 0.361 e. The first-order valence-corrected chi connectivity index (χ1v) is 8.82. The minimum Gasteiger partial charge on any atom is -0.361 e. The number of H-pyrrole nitrogens is 1. The van der Waals surface area contributed by atoms with Crippen molar-refractivity contribution in [3.05, 3.63) is 36.0 Å². The molecule has 0 aliphatic heterocycles. The number of fused-ring (bicyclic) bond motifs is 1. The first-order valence-electron chi connectivity index (χ1n) is 8.82. The van der Waals surface area contributed by atoms with Crippen molar-refractivity contribution in [2.24, 2.45) is 11.8 Å². The molecule has 2 atom stereocenters.